The lowest BCUT2D eigenvalue weighted by molar-refractivity contribution is 1.12. The number of benzene rings is 1. The standard InChI is InChI=1S/C20H21N5S/c1-4-14-10-18(26-13-14)17-12-22-20-19(21-8-9-25(17)20)23-15-6-5-7-16(11-15)24(2)3/h5-13H,4H2,1-3H3,(H,21,23). The Morgan fingerprint density at radius 1 is 1.19 bits per heavy atom. The number of fused-ring (bicyclic) bond motifs is 1. The summed E-state index contributed by atoms with van der Waals surface area (Å²) in [5, 5.41) is 5.62. The molecule has 5 nitrogen and oxygen atoms in total. The molecule has 132 valence electrons. The number of thiophene rings is 1. The molecule has 0 spiro atoms. The Labute approximate surface area is 157 Å². The molecule has 0 unspecified atom stereocenters. The number of hydrogen-bond acceptors (Lipinski definition) is 5. The predicted molar refractivity (Wildman–Crippen MR) is 110 cm³/mol. The average Bonchev–Trinajstić information content (AvgIpc) is 3.29. The number of rotatable bonds is 5. The van der Waals surface area contributed by atoms with E-state index in [2.05, 4.69) is 55.1 Å². The van der Waals surface area contributed by atoms with Crippen molar-refractivity contribution >= 4 is 34.2 Å². The smallest absolute Gasteiger partial charge is 0.180 e. The van der Waals surface area contributed by atoms with Crippen molar-refractivity contribution < 1.29 is 0 Å². The maximum atomic E-state index is 4.62. The summed E-state index contributed by atoms with van der Waals surface area (Å²) >= 11 is 1.75. The molecule has 3 aromatic heterocycles. The first-order chi connectivity index (χ1) is 12.7. The van der Waals surface area contributed by atoms with Crippen LogP contribution in [0.3, 0.4) is 0 Å². The zero-order chi connectivity index (χ0) is 18.1. The summed E-state index contributed by atoms with van der Waals surface area (Å²) in [5.74, 6) is 0.752. The van der Waals surface area contributed by atoms with Crippen LogP contribution in [0.4, 0.5) is 17.2 Å². The Bertz CT molecular complexity index is 1050. The Morgan fingerprint density at radius 3 is 2.85 bits per heavy atom. The normalized spacial score (nSPS) is 11.0. The van der Waals surface area contributed by atoms with Crippen LogP contribution < -0.4 is 10.2 Å². The van der Waals surface area contributed by atoms with Gasteiger partial charge < -0.3 is 10.2 Å². The molecule has 4 rings (SSSR count). The van der Waals surface area contributed by atoms with Crippen molar-refractivity contribution in [3.63, 3.8) is 0 Å². The molecular weight excluding hydrogens is 342 g/mol. The molecular formula is C20H21N5S. The van der Waals surface area contributed by atoms with E-state index in [0.29, 0.717) is 0 Å². The van der Waals surface area contributed by atoms with Gasteiger partial charge in [-0.1, -0.05) is 13.0 Å². The van der Waals surface area contributed by atoms with Gasteiger partial charge in [0.2, 0.25) is 0 Å². The average molecular weight is 363 g/mol. The first-order valence-corrected chi connectivity index (χ1v) is 9.48. The van der Waals surface area contributed by atoms with Gasteiger partial charge in [-0.05, 0) is 41.6 Å². The molecule has 0 atom stereocenters. The van der Waals surface area contributed by atoms with Crippen LogP contribution in [0.25, 0.3) is 16.2 Å². The molecule has 3 heterocycles. The zero-order valence-electron chi connectivity index (χ0n) is 15.1. The van der Waals surface area contributed by atoms with Crippen molar-refractivity contribution in [1.29, 1.82) is 0 Å². The van der Waals surface area contributed by atoms with Crippen LogP contribution in [-0.2, 0) is 6.42 Å². The molecule has 0 aliphatic heterocycles. The second-order valence-electron chi connectivity index (χ2n) is 6.36. The Hall–Kier alpha value is -2.86. The van der Waals surface area contributed by atoms with Crippen LogP contribution in [0.5, 0.6) is 0 Å². The Balaban J connectivity index is 1.72. The van der Waals surface area contributed by atoms with Crippen molar-refractivity contribution in [2.75, 3.05) is 24.3 Å². The van der Waals surface area contributed by atoms with E-state index in [1.165, 1.54) is 10.4 Å². The number of anilines is 3. The van der Waals surface area contributed by atoms with Crippen molar-refractivity contribution in [2.24, 2.45) is 0 Å². The topological polar surface area (TPSA) is 45.5 Å². The molecule has 0 aliphatic carbocycles. The lowest BCUT2D eigenvalue weighted by Gasteiger charge is -2.14. The highest BCUT2D eigenvalue weighted by Crippen LogP contribution is 2.30. The molecule has 0 radical (unpaired) electrons. The van der Waals surface area contributed by atoms with Gasteiger partial charge >= 0.3 is 0 Å². The third kappa shape index (κ3) is 3.04. The monoisotopic (exact) mass is 363 g/mol. The molecule has 26 heavy (non-hydrogen) atoms. The molecule has 1 aromatic carbocycles. The van der Waals surface area contributed by atoms with Crippen LogP contribution in [0, 0.1) is 0 Å². The summed E-state index contributed by atoms with van der Waals surface area (Å²) in [6.07, 6.45) is 6.74. The molecule has 0 saturated carbocycles. The van der Waals surface area contributed by atoms with Gasteiger partial charge in [-0.15, -0.1) is 11.3 Å². The van der Waals surface area contributed by atoms with E-state index in [9.17, 15) is 0 Å². The third-order valence-electron chi connectivity index (χ3n) is 4.37. The fourth-order valence-electron chi connectivity index (χ4n) is 2.88. The Kier molecular flexibility index (Phi) is 4.34. The summed E-state index contributed by atoms with van der Waals surface area (Å²) in [5.41, 5.74) is 5.40. The summed E-state index contributed by atoms with van der Waals surface area (Å²) in [6.45, 7) is 2.17. The lowest BCUT2D eigenvalue weighted by Crippen LogP contribution is -2.08. The molecule has 6 heteroatoms. The van der Waals surface area contributed by atoms with Gasteiger partial charge in [0.05, 0.1) is 16.8 Å². The number of hydrogen-bond donors (Lipinski definition) is 1. The minimum atomic E-state index is 0.752. The van der Waals surface area contributed by atoms with E-state index in [1.807, 2.05) is 44.8 Å². The van der Waals surface area contributed by atoms with Crippen molar-refractivity contribution in [3.8, 4) is 10.6 Å². The van der Waals surface area contributed by atoms with Crippen molar-refractivity contribution in [1.82, 2.24) is 14.4 Å². The van der Waals surface area contributed by atoms with Gasteiger partial charge in [-0.3, -0.25) is 4.40 Å². The Morgan fingerprint density at radius 2 is 2.08 bits per heavy atom. The van der Waals surface area contributed by atoms with E-state index < -0.39 is 0 Å². The van der Waals surface area contributed by atoms with E-state index in [1.54, 1.807) is 11.3 Å². The fourth-order valence-corrected chi connectivity index (χ4v) is 3.89. The number of nitrogens with zero attached hydrogens (tertiary/aromatic N) is 4. The maximum Gasteiger partial charge on any atom is 0.180 e. The molecule has 0 fully saturated rings. The summed E-state index contributed by atoms with van der Waals surface area (Å²) in [6, 6.07) is 10.5. The highest BCUT2D eigenvalue weighted by atomic mass is 32.1. The van der Waals surface area contributed by atoms with Gasteiger partial charge in [-0.25, -0.2) is 9.97 Å². The minimum Gasteiger partial charge on any atom is -0.378 e. The lowest BCUT2D eigenvalue weighted by atomic mass is 10.2. The number of aryl methyl sites for hydroxylation is 1. The second-order valence-corrected chi connectivity index (χ2v) is 7.27. The van der Waals surface area contributed by atoms with Gasteiger partial charge in [0.25, 0.3) is 0 Å². The summed E-state index contributed by atoms with van der Waals surface area (Å²) in [7, 11) is 4.06. The summed E-state index contributed by atoms with van der Waals surface area (Å²) in [4.78, 5) is 12.4. The second kappa shape index (κ2) is 6.80. The van der Waals surface area contributed by atoms with Crippen molar-refractivity contribution in [2.45, 2.75) is 13.3 Å². The van der Waals surface area contributed by atoms with Crippen LogP contribution in [0.15, 0.2) is 54.3 Å². The van der Waals surface area contributed by atoms with Gasteiger partial charge in [0, 0.05) is 37.9 Å². The molecule has 0 amide bonds. The van der Waals surface area contributed by atoms with E-state index in [0.717, 1.165) is 35.0 Å². The molecule has 0 aliphatic rings. The fraction of sp³-hybridized carbons (Fsp3) is 0.200. The van der Waals surface area contributed by atoms with Crippen LogP contribution >= 0.6 is 11.3 Å². The van der Waals surface area contributed by atoms with E-state index in [-0.39, 0.29) is 0 Å². The van der Waals surface area contributed by atoms with Crippen LogP contribution in [0.1, 0.15) is 12.5 Å². The molecule has 1 N–H and O–H groups in total. The summed E-state index contributed by atoms with van der Waals surface area (Å²) < 4.78 is 2.09. The third-order valence-corrected chi connectivity index (χ3v) is 5.37. The SMILES string of the molecule is CCc1csc(-c2cnc3c(Nc4cccc(N(C)C)c4)nccn23)c1. The zero-order valence-corrected chi connectivity index (χ0v) is 15.9. The first-order valence-electron chi connectivity index (χ1n) is 8.60. The highest BCUT2D eigenvalue weighted by Gasteiger charge is 2.12. The first kappa shape index (κ1) is 16.6. The predicted octanol–water partition coefficient (Wildman–Crippen LogP) is 4.83. The number of imidazole rings is 1. The van der Waals surface area contributed by atoms with Crippen molar-refractivity contribution in [3.05, 3.63) is 59.9 Å². The number of nitrogens with one attached hydrogen (secondary N) is 1. The van der Waals surface area contributed by atoms with E-state index >= 15 is 0 Å². The van der Waals surface area contributed by atoms with Gasteiger partial charge in [0.15, 0.2) is 11.5 Å². The van der Waals surface area contributed by atoms with Crippen LogP contribution in [0.2, 0.25) is 0 Å². The minimum absolute atomic E-state index is 0.752. The van der Waals surface area contributed by atoms with E-state index in [4.69, 9.17) is 0 Å². The molecule has 4 aromatic rings. The molecule has 0 bridgehead atoms. The van der Waals surface area contributed by atoms with Gasteiger partial charge in [-0.2, -0.15) is 0 Å². The molecule has 0 saturated heterocycles. The largest absolute Gasteiger partial charge is 0.378 e. The van der Waals surface area contributed by atoms with Gasteiger partial charge in [0.1, 0.15) is 0 Å². The number of aromatic nitrogens is 3. The van der Waals surface area contributed by atoms with Crippen LogP contribution in [-0.4, -0.2) is 28.5 Å². The highest BCUT2D eigenvalue weighted by molar-refractivity contribution is 7.13. The quantitative estimate of drug-likeness (QED) is 0.552. The maximum absolute atomic E-state index is 4.62.